The Morgan fingerprint density at radius 3 is 2.45 bits per heavy atom. The molecule has 0 atom stereocenters. The highest BCUT2D eigenvalue weighted by atomic mass is 32.2. The summed E-state index contributed by atoms with van der Waals surface area (Å²) in [7, 11) is 0. The van der Waals surface area contributed by atoms with E-state index in [0.29, 0.717) is 17.4 Å². The number of benzene rings is 1. The van der Waals surface area contributed by atoms with Gasteiger partial charge >= 0.3 is 0 Å². The lowest BCUT2D eigenvalue weighted by Crippen LogP contribution is -2.34. The minimum absolute atomic E-state index is 0.0399. The van der Waals surface area contributed by atoms with E-state index in [4.69, 9.17) is 0 Å². The quantitative estimate of drug-likeness (QED) is 0.343. The van der Waals surface area contributed by atoms with Crippen LogP contribution in [0.15, 0.2) is 35.2 Å². The molecule has 2 aliphatic rings. The molecule has 31 heavy (non-hydrogen) atoms. The summed E-state index contributed by atoms with van der Waals surface area (Å²) in [5.41, 5.74) is 3.56. The normalized spacial score (nSPS) is 18.9. The zero-order chi connectivity index (χ0) is 22.1. The first-order chi connectivity index (χ1) is 14.8. The fourth-order valence-electron chi connectivity index (χ4n) is 4.48. The maximum atomic E-state index is 12.9. The van der Waals surface area contributed by atoms with Crippen LogP contribution in [0.2, 0.25) is 0 Å². The van der Waals surface area contributed by atoms with Gasteiger partial charge in [0.1, 0.15) is 0 Å². The molecule has 162 valence electrons. The monoisotopic (exact) mass is 439 g/mol. The van der Waals surface area contributed by atoms with Gasteiger partial charge in [-0.15, -0.1) is 0 Å². The average molecular weight is 440 g/mol. The number of carbonyl (C=O) groups is 2. The molecule has 1 saturated carbocycles. The SMILES string of the molecule is Cc1cc(/C=C2\SC(=O)N(CC3CCCCC3)C2=O)c(C)n1-c1ccc([N+](=O)[O-])cc1. The molecule has 2 aromatic rings. The van der Waals surface area contributed by atoms with E-state index in [1.54, 1.807) is 18.2 Å². The van der Waals surface area contributed by atoms with Crippen molar-refractivity contribution in [2.75, 3.05) is 6.54 Å². The Labute approximate surface area is 185 Å². The predicted molar refractivity (Wildman–Crippen MR) is 121 cm³/mol. The number of non-ortho nitro benzene ring substituents is 1. The van der Waals surface area contributed by atoms with Gasteiger partial charge in [0.15, 0.2) is 0 Å². The fraction of sp³-hybridized carbons (Fsp3) is 0.391. The highest BCUT2D eigenvalue weighted by Gasteiger charge is 2.36. The van der Waals surface area contributed by atoms with Crippen LogP contribution in [0.3, 0.4) is 0 Å². The number of nitro groups is 1. The minimum Gasteiger partial charge on any atom is -0.318 e. The molecular formula is C23H25N3O4S. The highest BCUT2D eigenvalue weighted by Crippen LogP contribution is 2.36. The van der Waals surface area contributed by atoms with Gasteiger partial charge in [-0.25, -0.2) is 0 Å². The van der Waals surface area contributed by atoms with Crippen LogP contribution in [0.5, 0.6) is 0 Å². The summed E-state index contributed by atoms with van der Waals surface area (Å²) >= 11 is 1.00. The number of rotatable bonds is 5. The molecule has 2 heterocycles. The Kier molecular flexibility index (Phi) is 6.00. The molecule has 8 heteroatoms. The third-order valence-corrected chi connectivity index (χ3v) is 7.02. The second-order valence-corrected chi connectivity index (χ2v) is 9.22. The summed E-state index contributed by atoms with van der Waals surface area (Å²) < 4.78 is 1.99. The second kappa shape index (κ2) is 8.70. The maximum Gasteiger partial charge on any atom is 0.293 e. The largest absolute Gasteiger partial charge is 0.318 e. The lowest BCUT2D eigenvalue weighted by Gasteiger charge is -2.25. The topological polar surface area (TPSA) is 85.5 Å². The van der Waals surface area contributed by atoms with Crippen molar-refractivity contribution in [3.8, 4) is 5.69 Å². The number of amides is 2. The predicted octanol–water partition coefficient (Wildman–Crippen LogP) is 5.62. The average Bonchev–Trinajstić information content (AvgIpc) is 3.18. The van der Waals surface area contributed by atoms with Crippen molar-refractivity contribution in [3.05, 3.63) is 62.3 Å². The number of hydrogen-bond acceptors (Lipinski definition) is 5. The van der Waals surface area contributed by atoms with E-state index < -0.39 is 4.92 Å². The van der Waals surface area contributed by atoms with Crippen LogP contribution in [-0.2, 0) is 4.79 Å². The standard InChI is InChI=1S/C23H25N3O4S/c1-15-12-18(16(2)25(15)19-8-10-20(11-9-19)26(29)30)13-21-22(27)24(23(28)31-21)14-17-6-4-3-5-7-17/h8-13,17H,3-7,14H2,1-2H3/b21-13-. The van der Waals surface area contributed by atoms with E-state index in [0.717, 1.165) is 47.2 Å². The van der Waals surface area contributed by atoms with Crippen molar-refractivity contribution in [2.24, 2.45) is 5.92 Å². The summed E-state index contributed by atoms with van der Waals surface area (Å²) in [4.78, 5) is 37.8. The van der Waals surface area contributed by atoms with Gasteiger partial charge in [-0.05, 0) is 74.2 Å². The van der Waals surface area contributed by atoms with Gasteiger partial charge in [0.25, 0.3) is 16.8 Å². The van der Waals surface area contributed by atoms with Crippen molar-refractivity contribution in [2.45, 2.75) is 46.0 Å². The molecule has 2 fully saturated rings. The molecule has 0 spiro atoms. The van der Waals surface area contributed by atoms with E-state index in [1.165, 1.54) is 36.3 Å². The van der Waals surface area contributed by atoms with E-state index in [-0.39, 0.29) is 16.8 Å². The Morgan fingerprint density at radius 1 is 1.13 bits per heavy atom. The number of aryl methyl sites for hydroxylation is 1. The van der Waals surface area contributed by atoms with Crippen molar-refractivity contribution in [1.29, 1.82) is 0 Å². The van der Waals surface area contributed by atoms with Gasteiger partial charge in [-0.3, -0.25) is 24.6 Å². The van der Waals surface area contributed by atoms with Crippen LogP contribution in [0.4, 0.5) is 10.5 Å². The van der Waals surface area contributed by atoms with Gasteiger partial charge in [-0.1, -0.05) is 19.3 Å². The fourth-order valence-corrected chi connectivity index (χ4v) is 5.32. The number of nitrogens with zero attached hydrogens (tertiary/aromatic N) is 3. The van der Waals surface area contributed by atoms with E-state index in [9.17, 15) is 19.7 Å². The summed E-state index contributed by atoms with van der Waals surface area (Å²) in [6.07, 6.45) is 7.53. The van der Waals surface area contributed by atoms with Crippen molar-refractivity contribution in [3.63, 3.8) is 0 Å². The number of thioether (sulfide) groups is 1. The molecule has 0 N–H and O–H groups in total. The van der Waals surface area contributed by atoms with Crippen molar-refractivity contribution >= 4 is 34.7 Å². The third kappa shape index (κ3) is 4.30. The molecule has 1 aliphatic heterocycles. The van der Waals surface area contributed by atoms with E-state index in [1.807, 2.05) is 24.5 Å². The highest BCUT2D eigenvalue weighted by molar-refractivity contribution is 8.18. The summed E-state index contributed by atoms with van der Waals surface area (Å²) in [5, 5.41) is 10.7. The lowest BCUT2D eigenvalue weighted by molar-refractivity contribution is -0.384. The zero-order valence-electron chi connectivity index (χ0n) is 17.7. The molecule has 0 unspecified atom stereocenters. The van der Waals surface area contributed by atoms with E-state index >= 15 is 0 Å². The van der Waals surface area contributed by atoms with Gasteiger partial charge in [0, 0.05) is 35.8 Å². The first-order valence-corrected chi connectivity index (χ1v) is 11.4. The first kappa shape index (κ1) is 21.4. The van der Waals surface area contributed by atoms with Crippen LogP contribution >= 0.6 is 11.8 Å². The lowest BCUT2D eigenvalue weighted by atomic mass is 9.89. The van der Waals surface area contributed by atoms with Crippen LogP contribution in [-0.4, -0.2) is 32.1 Å². The minimum atomic E-state index is -0.423. The van der Waals surface area contributed by atoms with Crippen LogP contribution in [0.25, 0.3) is 11.8 Å². The molecule has 2 amide bonds. The molecule has 4 rings (SSSR count). The summed E-state index contributed by atoms with van der Waals surface area (Å²) in [6.45, 7) is 4.40. The number of hydrogen-bond donors (Lipinski definition) is 0. The molecule has 7 nitrogen and oxygen atoms in total. The molecule has 1 aromatic carbocycles. The van der Waals surface area contributed by atoms with Crippen LogP contribution in [0.1, 0.15) is 49.1 Å². The van der Waals surface area contributed by atoms with Gasteiger partial charge < -0.3 is 4.57 Å². The van der Waals surface area contributed by atoms with Gasteiger partial charge in [0.05, 0.1) is 9.83 Å². The number of nitro benzene ring substituents is 1. The summed E-state index contributed by atoms with van der Waals surface area (Å²) in [5.74, 6) is 0.203. The van der Waals surface area contributed by atoms with Crippen LogP contribution in [0, 0.1) is 29.9 Å². The molecule has 1 aromatic heterocycles. The molecule has 0 radical (unpaired) electrons. The Morgan fingerprint density at radius 2 is 1.81 bits per heavy atom. The Balaban J connectivity index is 1.57. The number of aromatic nitrogens is 1. The first-order valence-electron chi connectivity index (χ1n) is 10.5. The molecule has 1 saturated heterocycles. The summed E-state index contributed by atoms with van der Waals surface area (Å²) in [6, 6.07) is 8.33. The molecule has 0 bridgehead atoms. The van der Waals surface area contributed by atoms with Gasteiger partial charge in [-0.2, -0.15) is 0 Å². The number of carbonyl (C=O) groups excluding carboxylic acids is 2. The number of imide groups is 1. The molecular weight excluding hydrogens is 414 g/mol. The zero-order valence-corrected chi connectivity index (χ0v) is 18.5. The maximum absolute atomic E-state index is 12.9. The van der Waals surface area contributed by atoms with Gasteiger partial charge in [0.2, 0.25) is 0 Å². The Hall–Kier alpha value is -2.87. The van der Waals surface area contributed by atoms with E-state index in [2.05, 4.69) is 0 Å². The second-order valence-electron chi connectivity index (χ2n) is 8.23. The van der Waals surface area contributed by atoms with Crippen molar-refractivity contribution < 1.29 is 14.5 Å². The van der Waals surface area contributed by atoms with Crippen molar-refractivity contribution in [1.82, 2.24) is 9.47 Å². The third-order valence-electron chi connectivity index (χ3n) is 6.11. The smallest absolute Gasteiger partial charge is 0.293 e. The Bertz CT molecular complexity index is 1070. The molecule has 1 aliphatic carbocycles. The van der Waals surface area contributed by atoms with Crippen LogP contribution < -0.4 is 0 Å².